The summed E-state index contributed by atoms with van der Waals surface area (Å²) in [5, 5.41) is 21.3. The third-order valence-corrected chi connectivity index (χ3v) is 11.6. The predicted octanol–water partition coefficient (Wildman–Crippen LogP) is 4.57. The SMILES string of the molecule is CCCCC(=O)N[C@]1(C(=O)N[C@H](Cc2ccccc2)C(=O)N[C@@H](CCCNC(=N)N)C(=O)N(C)[C@@H](Cc2ccc3ccccc3c2)C(N)=O)CC[C@H](c2ccccc2)CC1. The van der Waals surface area contributed by atoms with Crippen molar-refractivity contribution in [2.45, 2.75) is 107 Å². The van der Waals surface area contributed by atoms with Gasteiger partial charge in [-0.1, -0.05) is 116 Å². The molecule has 60 heavy (non-hydrogen) atoms. The van der Waals surface area contributed by atoms with Crippen LogP contribution in [-0.4, -0.2) is 77.7 Å². The number of hydrogen-bond donors (Lipinski definition) is 7. The number of nitrogens with zero attached hydrogens (tertiary/aromatic N) is 1. The van der Waals surface area contributed by atoms with E-state index in [-0.39, 0.29) is 50.0 Å². The van der Waals surface area contributed by atoms with Crippen LogP contribution in [-0.2, 0) is 36.8 Å². The molecule has 0 radical (unpaired) electrons. The molecule has 5 amide bonds. The molecule has 0 bridgehead atoms. The van der Waals surface area contributed by atoms with Crippen molar-refractivity contribution in [2.75, 3.05) is 13.6 Å². The van der Waals surface area contributed by atoms with Crippen LogP contribution in [0.5, 0.6) is 0 Å². The van der Waals surface area contributed by atoms with Gasteiger partial charge in [0.25, 0.3) is 0 Å². The van der Waals surface area contributed by atoms with Crippen molar-refractivity contribution < 1.29 is 24.0 Å². The first kappa shape index (κ1) is 44.9. The molecule has 1 aliphatic rings. The summed E-state index contributed by atoms with van der Waals surface area (Å²) in [5.74, 6) is -2.53. The lowest BCUT2D eigenvalue weighted by atomic mass is 9.73. The van der Waals surface area contributed by atoms with Gasteiger partial charge in [0.05, 0.1) is 0 Å². The van der Waals surface area contributed by atoms with Crippen molar-refractivity contribution in [3.63, 3.8) is 0 Å². The predicted molar refractivity (Wildman–Crippen MR) is 235 cm³/mol. The topological polar surface area (TPSA) is 213 Å². The Morgan fingerprint density at radius 2 is 1.43 bits per heavy atom. The zero-order valence-electron chi connectivity index (χ0n) is 34.8. The van der Waals surface area contributed by atoms with Gasteiger partial charge in [-0.3, -0.25) is 29.4 Å². The average Bonchev–Trinajstić information content (AvgIpc) is 3.25. The van der Waals surface area contributed by atoms with E-state index < -0.39 is 47.3 Å². The van der Waals surface area contributed by atoms with E-state index in [0.29, 0.717) is 38.5 Å². The molecule has 13 nitrogen and oxygen atoms in total. The fourth-order valence-corrected chi connectivity index (χ4v) is 8.08. The molecule has 0 aliphatic heterocycles. The number of rotatable bonds is 20. The Morgan fingerprint density at radius 3 is 2.08 bits per heavy atom. The zero-order chi connectivity index (χ0) is 43.1. The van der Waals surface area contributed by atoms with Gasteiger partial charge in [0.1, 0.15) is 23.7 Å². The van der Waals surface area contributed by atoms with Crippen LogP contribution in [0.4, 0.5) is 0 Å². The second kappa shape index (κ2) is 21.7. The number of primary amides is 1. The summed E-state index contributed by atoms with van der Waals surface area (Å²) in [4.78, 5) is 71.1. The minimum absolute atomic E-state index is 0.111. The summed E-state index contributed by atoms with van der Waals surface area (Å²) < 4.78 is 0. The number of hydrogen-bond acceptors (Lipinski definition) is 6. The number of amides is 5. The Balaban J connectivity index is 1.40. The fourth-order valence-electron chi connectivity index (χ4n) is 8.08. The van der Waals surface area contributed by atoms with Gasteiger partial charge < -0.3 is 37.6 Å². The van der Waals surface area contributed by atoms with Crippen molar-refractivity contribution in [1.82, 2.24) is 26.2 Å². The van der Waals surface area contributed by atoms with Gasteiger partial charge in [-0.25, -0.2) is 0 Å². The molecule has 4 aromatic rings. The number of benzene rings is 4. The Bertz CT molecular complexity index is 2090. The number of nitrogens with one attached hydrogen (secondary N) is 5. The van der Waals surface area contributed by atoms with Gasteiger partial charge in [0, 0.05) is 32.9 Å². The van der Waals surface area contributed by atoms with Crippen LogP contribution in [0.3, 0.4) is 0 Å². The standard InChI is InChI=1S/C47H60N8O5/c1-3-4-21-41(56)54-47(26-24-36(25-27-47)34-16-9-6-10-17-34)45(60)53-39(30-32-14-7-5-8-15-32)43(58)52-38(20-13-28-51-46(49)50)44(59)55(2)40(42(48)57)31-33-22-23-35-18-11-12-19-37(35)29-33/h5-12,14-19,22-23,29,36,38-40H,3-4,13,20-21,24-28,30-31H2,1-2H3,(H2,48,57)(H,52,58)(H,53,60)(H,54,56)(H4,49,50,51)/t36-,38-,39+,40-,47+/m0/s1. The molecular formula is C47H60N8O5. The molecule has 1 saturated carbocycles. The summed E-state index contributed by atoms with van der Waals surface area (Å²) in [6, 6.07) is 29.7. The highest BCUT2D eigenvalue weighted by atomic mass is 16.2. The van der Waals surface area contributed by atoms with Gasteiger partial charge in [0.2, 0.25) is 29.5 Å². The molecule has 5 rings (SSSR count). The van der Waals surface area contributed by atoms with Crippen LogP contribution in [0.15, 0.2) is 103 Å². The Hall–Kier alpha value is -6.24. The summed E-state index contributed by atoms with van der Waals surface area (Å²) in [6.07, 6.45) is 4.61. The summed E-state index contributed by atoms with van der Waals surface area (Å²) in [5.41, 5.74) is 13.0. The summed E-state index contributed by atoms with van der Waals surface area (Å²) in [7, 11) is 1.49. The Labute approximate surface area is 352 Å². The lowest BCUT2D eigenvalue weighted by Crippen LogP contribution is -2.64. The number of carbonyl (C=O) groups excluding carboxylic acids is 5. The maximum Gasteiger partial charge on any atom is 0.246 e. The van der Waals surface area contributed by atoms with Crippen LogP contribution in [0.25, 0.3) is 10.8 Å². The number of likely N-dealkylation sites (N-methyl/N-ethyl adjacent to an activating group) is 1. The molecule has 0 aromatic heterocycles. The molecule has 4 aromatic carbocycles. The monoisotopic (exact) mass is 816 g/mol. The second-order valence-electron chi connectivity index (χ2n) is 15.9. The first-order valence-electron chi connectivity index (χ1n) is 21.0. The number of unbranched alkanes of at least 4 members (excludes halogenated alkanes) is 1. The first-order chi connectivity index (χ1) is 28.9. The van der Waals surface area contributed by atoms with E-state index in [9.17, 15) is 24.0 Å². The molecule has 3 atom stereocenters. The third kappa shape index (κ3) is 12.4. The van der Waals surface area contributed by atoms with E-state index in [1.807, 2.05) is 97.9 Å². The maximum absolute atomic E-state index is 14.6. The van der Waals surface area contributed by atoms with Gasteiger partial charge >= 0.3 is 0 Å². The van der Waals surface area contributed by atoms with Crippen molar-refractivity contribution in [3.8, 4) is 0 Å². The van der Waals surface area contributed by atoms with E-state index in [4.69, 9.17) is 16.9 Å². The van der Waals surface area contributed by atoms with Crippen molar-refractivity contribution in [3.05, 3.63) is 120 Å². The van der Waals surface area contributed by atoms with Crippen LogP contribution < -0.4 is 32.7 Å². The van der Waals surface area contributed by atoms with Crippen LogP contribution >= 0.6 is 0 Å². The number of carbonyl (C=O) groups is 5. The van der Waals surface area contributed by atoms with E-state index in [1.165, 1.54) is 17.5 Å². The van der Waals surface area contributed by atoms with Crippen molar-refractivity contribution >= 4 is 46.3 Å². The van der Waals surface area contributed by atoms with Crippen molar-refractivity contribution in [1.29, 1.82) is 5.41 Å². The lowest BCUT2D eigenvalue weighted by molar-refractivity contribution is -0.142. The highest BCUT2D eigenvalue weighted by Gasteiger charge is 2.45. The van der Waals surface area contributed by atoms with Crippen LogP contribution in [0.2, 0.25) is 0 Å². The lowest BCUT2D eigenvalue weighted by Gasteiger charge is -2.40. The number of fused-ring (bicyclic) bond motifs is 1. The average molecular weight is 817 g/mol. The van der Waals surface area contributed by atoms with E-state index >= 15 is 0 Å². The fraction of sp³-hybridized carbons (Fsp3) is 0.404. The van der Waals surface area contributed by atoms with Crippen LogP contribution in [0.1, 0.15) is 87.3 Å². The zero-order valence-corrected chi connectivity index (χ0v) is 34.8. The highest BCUT2D eigenvalue weighted by Crippen LogP contribution is 2.38. The van der Waals surface area contributed by atoms with E-state index in [2.05, 4.69) is 33.4 Å². The Morgan fingerprint density at radius 1 is 0.783 bits per heavy atom. The summed E-state index contributed by atoms with van der Waals surface area (Å²) in [6.45, 7) is 2.26. The molecule has 1 fully saturated rings. The molecule has 1 aliphatic carbocycles. The number of nitrogens with two attached hydrogens (primary N) is 2. The minimum Gasteiger partial charge on any atom is -0.370 e. The maximum atomic E-state index is 14.6. The minimum atomic E-state index is -1.24. The third-order valence-electron chi connectivity index (χ3n) is 11.6. The van der Waals surface area contributed by atoms with Crippen LogP contribution in [0, 0.1) is 5.41 Å². The number of guanidine groups is 1. The van der Waals surface area contributed by atoms with E-state index in [0.717, 1.165) is 28.3 Å². The molecule has 318 valence electrons. The Kier molecular flexibility index (Phi) is 16.2. The second-order valence-corrected chi connectivity index (χ2v) is 15.9. The van der Waals surface area contributed by atoms with Gasteiger partial charge in [-0.05, 0) is 78.3 Å². The van der Waals surface area contributed by atoms with E-state index in [1.54, 1.807) is 0 Å². The first-order valence-corrected chi connectivity index (χ1v) is 21.0. The molecule has 0 unspecified atom stereocenters. The molecule has 0 heterocycles. The largest absolute Gasteiger partial charge is 0.370 e. The normalized spacial score (nSPS) is 17.7. The molecular weight excluding hydrogens is 757 g/mol. The highest BCUT2D eigenvalue weighted by molar-refractivity contribution is 5.97. The van der Waals surface area contributed by atoms with Crippen molar-refractivity contribution in [2.24, 2.45) is 11.5 Å². The van der Waals surface area contributed by atoms with Gasteiger partial charge in [-0.2, -0.15) is 0 Å². The quantitative estimate of drug-likeness (QED) is 0.0383. The smallest absolute Gasteiger partial charge is 0.246 e. The molecule has 13 heteroatoms. The molecule has 0 saturated heterocycles. The van der Waals surface area contributed by atoms with Gasteiger partial charge in [0.15, 0.2) is 5.96 Å². The molecule has 0 spiro atoms. The summed E-state index contributed by atoms with van der Waals surface area (Å²) >= 11 is 0. The molecule has 9 N–H and O–H groups in total. The van der Waals surface area contributed by atoms with Gasteiger partial charge in [-0.15, -0.1) is 0 Å².